The summed E-state index contributed by atoms with van der Waals surface area (Å²) in [6.45, 7) is 4.45. The predicted octanol–water partition coefficient (Wildman–Crippen LogP) is 3.37. The van der Waals surface area contributed by atoms with Gasteiger partial charge in [-0.05, 0) is 42.9 Å². The Kier molecular flexibility index (Phi) is 5.95. The predicted molar refractivity (Wildman–Crippen MR) is 130 cm³/mol. The molecule has 1 saturated heterocycles. The van der Waals surface area contributed by atoms with Gasteiger partial charge in [-0.15, -0.1) is 0 Å². The summed E-state index contributed by atoms with van der Waals surface area (Å²) in [5, 5.41) is 3.87. The zero-order valence-corrected chi connectivity index (χ0v) is 18.6. The Labute approximate surface area is 193 Å². The Hall–Kier alpha value is -3.84. The van der Waals surface area contributed by atoms with E-state index in [1.165, 1.54) is 0 Å². The molecule has 0 saturated carbocycles. The Morgan fingerprint density at radius 2 is 1.85 bits per heavy atom. The number of hydrogen-bond donors (Lipinski definition) is 1. The molecule has 0 atom stereocenters. The summed E-state index contributed by atoms with van der Waals surface area (Å²) in [7, 11) is 2.14. The molecule has 4 aromatic rings. The third kappa shape index (κ3) is 4.68. The van der Waals surface area contributed by atoms with Gasteiger partial charge < -0.3 is 15.1 Å². The third-order valence-electron chi connectivity index (χ3n) is 6.01. The topological polar surface area (TPSA) is 74.2 Å². The van der Waals surface area contributed by atoms with Crippen LogP contribution in [0, 0.1) is 0 Å². The van der Waals surface area contributed by atoms with E-state index in [1.807, 2.05) is 60.8 Å². The Bertz CT molecular complexity index is 1250. The highest BCUT2D eigenvalue weighted by Crippen LogP contribution is 2.24. The highest BCUT2D eigenvalue weighted by atomic mass is 16.1. The van der Waals surface area contributed by atoms with Crippen LogP contribution in [0.4, 0.5) is 5.82 Å². The molecule has 5 rings (SSSR count). The number of amides is 1. The number of fused-ring (bicyclic) bond motifs is 1. The van der Waals surface area contributed by atoms with Gasteiger partial charge in [0, 0.05) is 62.3 Å². The first-order valence-corrected chi connectivity index (χ1v) is 11.1. The Balaban J connectivity index is 1.33. The summed E-state index contributed by atoms with van der Waals surface area (Å²) in [6, 6.07) is 17.4. The summed E-state index contributed by atoms with van der Waals surface area (Å²) in [6.07, 6.45) is 5.33. The first-order chi connectivity index (χ1) is 16.2. The number of anilines is 1. The van der Waals surface area contributed by atoms with Gasteiger partial charge in [0.1, 0.15) is 5.82 Å². The largest absolute Gasteiger partial charge is 0.354 e. The summed E-state index contributed by atoms with van der Waals surface area (Å²) >= 11 is 0. The van der Waals surface area contributed by atoms with E-state index >= 15 is 0 Å². The lowest BCUT2D eigenvalue weighted by molar-refractivity contribution is 0.0952. The lowest BCUT2D eigenvalue weighted by Crippen LogP contribution is -2.44. The van der Waals surface area contributed by atoms with Gasteiger partial charge in [-0.25, -0.2) is 9.97 Å². The van der Waals surface area contributed by atoms with E-state index in [1.54, 1.807) is 12.4 Å². The van der Waals surface area contributed by atoms with Gasteiger partial charge in [0.15, 0.2) is 0 Å². The monoisotopic (exact) mass is 438 g/mol. The number of piperazine rings is 1. The van der Waals surface area contributed by atoms with Crippen LogP contribution < -0.4 is 10.2 Å². The molecule has 1 aromatic carbocycles. The van der Waals surface area contributed by atoms with Crippen LogP contribution in [-0.2, 0) is 6.54 Å². The maximum Gasteiger partial charge on any atom is 0.252 e. The van der Waals surface area contributed by atoms with E-state index < -0.39 is 0 Å². The number of carbonyl (C=O) groups is 1. The molecule has 33 heavy (non-hydrogen) atoms. The number of hydrogen-bond acceptors (Lipinski definition) is 6. The van der Waals surface area contributed by atoms with E-state index in [0.29, 0.717) is 12.1 Å². The number of likely N-dealkylation sites (N-methyl/N-ethyl adjacent to an activating group) is 1. The lowest BCUT2D eigenvalue weighted by atomic mass is 10.0. The van der Waals surface area contributed by atoms with Crippen molar-refractivity contribution in [3.63, 3.8) is 0 Å². The van der Waals surface area contributed by atoms with Crippen molar-refractivity contribution in [2.75, 3.05) is 38.1 Å². The maximum absolute atomic E-state index is 13.2. The molecule has 1 amide bonds. The fourth-order valence-corrected chi connectivity index (χ4v) is 4.05. The number of nitrogens with one attached hydrogen (secondary N) is 1. The van der Waals surface area contributed by atoms with Crippen molar-refractivity contribution in [1.82, 2.24) is 25.2 Å². The number of benzene rings is 1. The molecule has 0 aliphatic carbocycles. The van der Waals surface area contributed by atoms with Gasteiger partial charge in [-0.3, -0.25) is 9.78 Å². The van der Waals surface area contributed by atoms with Crippen molar-refractivity contribution < 1.29 is 4.79 Å². The van der Waals surface area contributed by atoms with Crippen molar-refractivity contribution in [3.8, 4) is 11.3 Å². The SMILES string of the molecule is CN1CCN(c2ccc(CNC(=O)c3cc(-c4cccnc4)nc4ccccc34)cn2)CC1. The second kappa shape index (κ2) is 9.34. The van der Waals surface area contributed by atoms with Crippen LogP contribution in [0.15, 0.2) is 73.2 Å². The number of aromatic nitrogens is 3. The molecule has 1 fully saturated rings. The molecule has 1 aliphatic heterocycles. The fraction of sp³-hybridized carbons (Fsp3) is 0.231. The summed E-state index contributed by atoms with van der Waals surface area (Å²) in [5.41, 5.74) is 3.95. The van der Waals surface area contributed by atoms with Gasteiger partial charge in [-0.1, -0.05) is 24.3 Å². The van der Waals surface area contributed by atoms with Crippen molar-refractivity contribution in [2.24, 2.45) is 0 Å². The zero-order valence-electron chi connectivity index (χ0n) is 18.6. The van der Waals surface area contributed by atoms with Gasteiger partial charge in [0.05, 0.1) is 16.8 Å². The van der Waals surface area contributed by atoms with Crippen LogP contribution in [0.1, 0.15) is 15.9 Å². The first kappa shape index (κ1) is 21.0. The molecule has 0 bridgehead atoms. The molecule has 4 heterocycles. The van der Waals surface area contributed by atoms with E-state index in [9.17, 15) is 4.79 Å². The number of nitrogens with zero attached hydrogens (tertiary/aromatic N) is 5. The van der Waals surface area contributed by atoms with Crippen LogP contribution in [-0.4, -0.2) is 59.0 Å². The van der Waals surface area contributed by atoms with Crippen LogP contribution in [0.5, 0.6) is 0 Å². The smallest absolute Gasteiger partial charge is 0.252 e. The van der Waals surface area contributed by atoms with Crippen LogP contribution in [0.25, 0.3) is 22.2 Å². The molecule has 1 N–H and O–H groups in total. The lowest BCUT2D eigenvalue weighted by Gasteiger charge is -2.33. The fourth-order valence-electron chi connectivity index (χ4n) is 4.05. The van der Waals surface area contributed by atoms with E-state index in [2.05, 4.69) is 32.1 Å². The van der Waals surface area contributed by atoms with Crippen LogP contribution in [0.3, 0.4) is 0 Å². The van der Waals surface area contributed by atoms with Crippen molar-refractivity contribution in [2.45, 2.75) is 6.54 Å². The van der Waals surface area contributed by atoms with Crippen LogP contribution >= 0.6 is 0 Å². The van der Waals surface area contributed by atoms with Crippen LogP contribution in [0.2, 0.25) is 0 Å². The molecule has 0 radical (unpaired) electrons. The second-order valence-corrected chi connectivity index (χ2v) is 8.31. The van der Waals surface area contributed by atoms with E-state index in [0.717, 1.165) is 59.7 Å². The molecule has 7 nitrogen and oxygen atoms in total. The number of pyridine rings is 3. The second-order valence-electron chi connectivity index (χ2n) is 8.31. The summed E-state index contributed by atoms with van der Waals surface area (Å²) in [5.74, 6) is 0.848. The number of para-hydroxylation sites is 1. The Morgan fingerprint density at radius 3 is 2.61 bits per heavy atom. The molecule has 0 spiro atoms. The number of rotatable bonds is 5. The summed E-state index contributed by atoms with van der Waals surface area (Å²) in [4.78, 5) is 31.3. The minimum Gasteiger partial charge on any atom is -0.354 e. The van der Waals surface area contributed by atoms with Gasteiger partial charge in [-0.2, -0.15) is 0 Å². The minimum atomic E-state index is -0.137. The van der Waals surface area contributed by atoms with Crippen molar-refractivity contribution in [3.05, 3.63) is 84.3 Å². The summed E-state index contributed by atoms with van der Waals surface area (Å²) < 4.78 is 0. The molecular weight excluding hydrogens is 412 g/mol. The Morgan fingerprint density at radius 1 is 1.00 bits per heavy atom. The molecule has 3 aromatic heterocycles. The van der Waals surface area contributed by atoms with E-state index in [-0.39, 0.29) is 5.91 Å². The molecule has 166 valence electrons. The standard InChI is InChI=1S/C26H26N6O/c1-31-11-13-32(14-12-31)25-9-8-19(16-28-25)17-29-26(33)22-15-24(20-5-4-10-27-18-20)30-23-7-3-2-6-21(22)23/h2-10,15-16,18H,11-14,17H2,1H3,(H,29,33). The quantitative estimate of drug-likeness (QED) is 0.515. The molecule has 0 unspecified atom stereocenters. The van der Waals surface area contributed by atoms with Crippen molar-refractivity contribution >= 4 is 22.6 Å². The van der Waals surface area contributed by atoms with Gasteiger partial charge in [0.25, 0.3) is 5.91 Å². The van der Waals surface area contributed by atoms with Crippen molar-refractivity contribution in [1.29, 1.82) is 0 Å². The molecule has 7 heteroatoms. The first-order valence-electron chi connectivity index (χ1n) is 11.1. The van der Waals surface area contributed by atoms with Gasteiger partial charge >= 0.3 is 0 Å². The molecular formula is C26H26N6O. The zero-order chi connectivity index (χ0) is 22.6. The molecule has 1 aliphatic rings. The highest BCUT2D eigenvalue weighted by molar-refractivity contribution is 6.07. The van der Waals surface area contributed by atoms with Gasteiger partial charge in [0.2, 0.25) is 0 Å². The normalized spacial score (nSPS) is 14.4. The average Bonchev–Trinajstić information content (AvgIpc) is 2.88. The minimum absolute atomic E-state index is 0.137. The number of carbonyl (C=O) groups excluding carboxylic acids is 1. The average molecular weight is 439 g/mol. The highest BCUT2D eigenvalue weighted by Gasteiger charge is 2.16. The maximum atomic E-state index is 13.2. The third-order valence-corrected chi connectivity index (χ3v) is 6.01. The van der Waals surface area contributed by atoms with E-state index in [4.69, 9.17) is 4.98 Å².